The summed E-state index contributed by atoms with van der Waals surface area (Å²) in [6.45, 7) is 14.8. The highest BCUT2D eigenvalue weighted by molar-refractivity contribution is 5.21. The smallest absolute Gasteiger partial charge is 0.0273 e. The first kappa shape index (κ1) is 15.5. The summed E-state index contributed by atoms with van der Waals surface area (Å²) < 4.78 is 0. The number of nitrogens with zero attached hydrogens (tertiary/aromatic N) is 1. The van der Waals surface area contributed by atoms with Crippen LogP contribution in [0, 0.1) is 12.3 Å². The maximum absolute atomic E-state index is 3.71. The van der Waals surface area contributed by atoms with Crippen LogP contribution in [0.15, 0.2) is 24.3 Å². The molecule has 1 aromatic carbocycles. The molecule has 20 heavy (non-hydrogen) atoms. The highest BCUT2D eigenvalue weighted by Crippen LogP contribution is 2.28. The number of benzene rings is 1. The normalized spacial score (nSPS) is 24.9. The molecule has 2 unspecified atom stereocenters. The van der Waals surface area contributed by atoms with Gasteiger partial charge in [-0.25, -0.2) is 0 Å². The van der Waals surface area contributed by atoms with Gasteiger partial charge in [0.1, 0.15) is 0 Å². The Morgan fingerprint density at radius 2 is 1.85 bits per heavy atom. The van der Waals surface area contributed by atoms with Crippen molar-refractivity contribution in [1.82, 2.24) is 10.2 Å². The van der Waals surface area contributed by atoms with Crippen molar-refractivity contribution in [2.24, 2.45) is 5.41 Å². The zero-order chi connectivity index (χ0) is 14.8. The third kappa shape index (κ3) is 3.83. The highest BCUT2D eigenvalue weighted by Gasteiger charge is 2.34. The molecule has 1 fully saturated rings. The lowest BCUT2D eigenvalue weighted by Crippen LogP contribution is -2.59. The Morgan fingerprint density at radius 1 is 1.20 bits per heavy atom. The minimum atomic E-state index is 0.316. The predicted molar refractivity (Wildman–Crippen MR) is 86.9 cm³/mol. The molecule has 0 aromatic heterocycles. The fraction of sp³-hybridized carbons (Fsp3) is 0.667. The minimum absolute atomic E-state index is 0.316. The van der Waals surface area contributed by atoms with E-state index in [1.807, 2.05) is 0 Å². The van der Waals surface area contributed by atoms with Crippen molar-refractivity contribution in [3.8, 4) is 0 Å². The number of hydrogen-bond donors (Lipinski definition) is 1. The number of nitrogens with one attached hydrogen (secondary N) is 1. The van der Waals surface area contributed by atoms with Crippen molar-refractivity contribution in [2.45, 2.75) is 59.7 Å². The van der Waals surface area contributed by atoms with Gasteiger partial charge in [0.15, 0.2) is 0 Å². The number of piperazine rings is 1. The van der Waals surface area contributed by atoms with Gasteiger partial charge in [-0.15, -0.1) is 0 Å². The molecule has 2 rings (SSSR count). The average Bonchev–Trinajstić information content (AvgIpc) is 2.40. The van der Waals surface area contributed by atoms with Crippen LogP contribution in [0.5, 0.6) is 0 Å². The molecule has 1 aliphatic rings. The van der Waals surface area contributed by atoms with Crippen LogP contribution < -0.4 is 5.32 Å². The van der Waals surface area contributed by atoms with Gasteiger partial charge in [-0.3, -0.25) is 4.90 Å². The van der Waals surface area contributed by atoms with E-state index in [1.54, 1.807) is 0 Å². The molecule has 1 N–H and O–H groups in total. The van der Waals surface area contributed by atoms with E-state index >= 15 is 0 Å². The lowest BCUT2D eigenvalue weighted by Gasteiger charge is -2.46. The van der Waals surface area contributed by atoms with Gasteiger partial charge in [0.05, 0.1) is 0 Å². The predicted octanol–water partition coefficient (Wildman–Crippen LogP) is 3.59. The van der Waals surface area contributed by atoms with Crippen molar-refractivity contribution >= 4 is 0 Å². The van der Waals surface area contributed by atoms with Gasteiger partial charge in [0.25, 0.3) is 0 Å². The maximum atomic E-state index is 3.71. The Kier molecular flexibility index (Phi) is 4.87. The molecular formula is C18H30N2. The second-order valence-corrected chi connectivity index (χ2v) is 7.31. The van der Waals surface area contributed by atoms with Crippen LogP contribution in [0.3, 0.4) is 0 Å². The van der Waals surface area contributed by atoms with Gasteiger partial charge in [-0.05, 0) is 24.3 Å². The summed E-state index contributed by atoms with van der Waals surface area (Å²) in [5.74, 6) is 0. The quantitative estimate of drug-likeness (QED) is 0.906. The van der Waals surface area contributed by atoms with Crippen LogP contribution in [0.4, 0.5) is 0 Å². The van der Waals surface area contributed by atoms with E-state index in [9.17, 15) is 0 Å². The van der Waals surface area contributed by atoms with Crippen molar-refractivity contribution in [2.75, 3.05) is 13.1 Å². The number of aryl methyl sites for hydroxylation is 1. The molecule has 2 heteroatoms. The molecular weight excluding hydrogens is 244 g/mol. The second-order valence-electron chi connectivity index (χ2n) is 7.31. The molecule has 0 aliphatic carbocycles. The highest BCUT2D eigenvalue weighted by atomic mass is 15.2. The summed E-state index contributed by atoms with van der Waals surface area (Å²) in [6, 6.07) is 10.2. The van der Waals surface area contributed by atoms with Crippen molar-refractivity contribution in [3.05, 3.63) is 35.4 Å². The Balaban J connectivity index is 2.12. The third-order valence-corrected chi connectivity index (χ3v) is 4.49. The van der Waals surface area contributed by atoms with E-state index in [0.717, 1.165) is 19.6 Å². The van der Waals surface area contributed by atoms with Crippen LogP contribution >= 0.6 is 0 Å². The molecule has 0 bridgehead atoms. The molecule has 0 amide bonds. The second kappa shape index (κ2) is 6.28. The molecule has 1 saturated heterocycles. The van der Waals surface area contributed by atoms with Crippen LogP contribution in [0.2, 0.25) is 0 Å². The first-order valence-electron chi connectivity index (χ1n) is 7.93. The monoisotopic (exact) mass is 274 g/mol. The van der Waals surface area contributed by atoms with E-state index < -0.39 is 0 Å². The molecule has 0 spiro atoms. The number of hydrogen-bond acceptors (Lipinski definition) is 2. The fourth-order valence-corrected chi connectivity index (χ4v) is 3.11. The van der Waals surface area contributed by atoms with Crippen molar-refractivity contribution in [1.29, 1.82) is 0 Å². The molecule has 1 aliphatic heterocycles. The number of rotatable bonds is 3. The van der Waals surface area contributed by atoms with E-state index in [2.05, 4.69) is 69.1 Å². The van der Waals surface area contributed by atoms with Crippen LogP contribution in [-0.4, -0.2) is 30.1 Å². The van der Waals surface area contributed by atoms with Gasteiger partial charge in [-0.2, -0.15) is 0 Å². The van der Waals surface area contributed by atoms with Gasteiger partial charge >= 0.3 is 0 Å². The lowest BCUT2D eigenvalue weighted by atomic mass is 9.83. The van der Waals surface area contributed by atoms with Crippen molar-refractivity contribution < 1.29 is 0 Å². The standard InChI is InChI=1S/C18H30N2/c1-6-16-13-20(17(11-19-16)18(3,4)5)12-15-9-7-14(2)8-10-15/h7-10,16-17,19H,6,11-13H2,1-5H3. The maximum Gasteiger partial charge on any atom is 0.0273 e. The zero-order valence-corrected chi connectivity index (χ0v) is 13.7. The molecule has 0 saturated carbocycles. The van der Waals surface area contributed by atoms with Crippen LogP contribution in [0.1, 0.15) is 45.2 Å². The summed E-state index contributed by atoms with van der Waals surface area (Å²) in [7, 11) is 0. The lowest BCUT2D eigenvalue weighted by molar-refractivity contribution is 0.0485. The Bertz CT molecular complexity index is 416. The molecule has 112 valence electrons. The molecule has 2 atom stereocenters. The van der Waals surface area contributed by atoms with Gasteiger partial charge < -0.3 is 5.32 Å². The Hall–Kier alpha value is -0.860. The Labute approximate surface area is 124 Å². The van der Waals surface area contributed by atoms with Gasteiger partial charge in [-0.1, -0.05) is 57.5 Å². The van der Waals surface area contributed by atoms with E-state index in [4.69, 9.17) is 0 Å². The van der Waals surface area contributed by atoms with E-state index in [0.29, 0.717) is 17.5 Å². The van der Waals surface area contributed by atoms with Crippen LogP contribution in [0.25, 0.3) is 0 Å². The van der Waals surface area contributed by atoms with E-state index in [1.165, 1.54) is 17.5 Å². The summed E-state index contributed by atoms with van der Waals surface area (Å²) in [5.41, 5.74) is 3.09. The SMILES string of the molecule is CCC1CN(Cc2ccc(C)cc2)C(C(C)(C)C)CN1. The van der Waals surface area contributed by atoms with Crippen LogP contribution in [-0.2, 0) is 6.54 Å². The topological polar surface area (TPSA) is 15.3 Å². The van der Waals surface area contributed by atoms with Crippen molar-refractivity contribution in [3.63, 3.8) is 0 Å². The first-order valence-corrected chi connectivity index (χ1v) is 7.93. The summed E-state index contributed by atoms with van der Waals surface area (Å²) >= 11 is 0. The fourth-order valence-electron chi connectivity index (χ4n) is 3.11. The van der Waals surface area contributed by atoms with E-state index in [-0.39, 0.29) is 0 Å². The molecule has 1 aromatic rings. The largest absolute Gasteiger partial charge is 0.311 e. The molecule has 2 nitrogen and oxygen atoms in total. The molecule has 0 radical (unpaired) electrons. The zero-order valence-electron chi connectivity index (χ0n) is 13.7. The van der Waals surface area contributed by atoms with Gasteiger partial charge in [0, 0.05) is 31.7 Å². The molecule has 1 heterocycles. The average molecular weight is 274 g/mol. The Morgan fingerprint density at radius 3 is 2.40 bits per heavy atom. The first-order chi connectivity index (χ1) is 9.40. The summed E-state index contributed by atoms with van der Waals surface area (Å²) in [4.78, 5) is 2.68. The third-order valence-electron chi connectivity index (χ3n) is 4.49. The van der Waals surface area contributed by atoms with Gasteiger partial charge in [0.2, 0.25) is 0 Å². The summed E-state index contributed by atoms with van der Waals surface area (Å²) in [5, 5.41) is 3.71. The summed E-state index contributed by atoms with van der Waals surface area (Å²) in [6.07, 6.45) is 1.21. The minimum Gasteiger partial charge on any atom is -0.311 e.